The van der Waals surface area contributed by atoms with Gasteiger partial charge in [0.15, 0.2) is 0 Å². The largest absolute Gasteiger partial charge is 0.385 e. The molecule has 0 aliphatic carbocycles. The van der Waals surface area contributed by atoms with Crippen molar-refractivity contribution >= 4 is 11.6 Å². The van der Waals surface area contributed by atoms with E-state index in [4.69, 9.17) is 0 Å². The van der Waals surface area contributed by atoms with E-state index in [1.807, 2.05) is 25.1 Å². The fourth-order valence-electron chi connectivity index (χ4n) is 1.52. The second-order valence-electron chi connectivity index (χ2n) is 5.00. The summed E-state index contributed by atoms with van der Waals surface area (Å²) in [5.41, 5.74) is 2.94. The number of amides is 1. The molecule has 0 aromatic heterocycles. The summed E-state index contributed by atoms with van der Waals surface area (Å²) in [6.07, 6.45) is 0. The molecule has 0 saturated heterocycles. The van der Waals surface area contributed by atoms with Gasteiger partial charge in [-0.25, -0.2) is 0 Å². The van der Waals surface area contributed by atoms with E-state index >= 15 is 0 Å². The van der Waals surface area contributed by atoms with Gasteiger partial charge in [-0.05, 0) is 30.5 Å². The van der Waals surface area contributed by atoms with Crippen LogP contribution in [-0.2, 0) is 0 Å². The highest BCUT2D eigenvalue weighted by Crippen LogP contribution is 2.18. The van der Waals surface area contributed by atoms with Crippen LogP contribution in [0.1, 0.15) is 29.8 Å². The molecule has 3 nitrogen and oxygen atoms in total. The van der Waals surface area contributed by atoms with E-state index in [0.29, 0.717) is 5.92 Å². The molecule has 0 spiro atoms. The fraction of sp³-hybridized carbons (Fsp3) is 0.500. The molecule has 17 heavy (non-hydrogen) atoms. The summed E-state index contributed by atoms with van der Waals surface area (Å²) >= 11 is 0. The van der Waals surface area contributed by atoms with E-state index in [9.17, 15) is 4.79 Å². The summed E-state index contributed by atoms with van der Waals surface area (Å²) < 4.78 is 0. The summed E-state index contributed by atoms with van der Waals surface area (Å²) in [5.74, 6) is 0.625. The Labute approximate surface area is 104 Å². The molecule has 0 fully saturated rings. The number of nitrogens with one attached hydrogen (secondary N) is 1. The van der Waals surface area contributed by atoms with Gasteiger partial charge in [0, 0.05) is 31.9 Å². The molecular formula is C14H22N2O. The number of benzene rings is 1. The van der Waals surface area contributed by atoms with E-state index in [1.165, 1.54) is 5.56 Å². The Balaban J connectivity index is 2.90. The third-order valence-electron chi connectivity index (χ3n) is 2.59. The Morgan fingerprint density at radius 2 is 2.00 bits per heavy atom. The van der Waals surface area contributed by atoms with Gasteiger partial charge in [-0.1, -0.05) is 19.9 Å². The van der Waals surface area contributed by atoms with Crippen LogP contribution in [0, 0.1) is 12.8 Å². The predicted octanol–water partition coefficient (Wildman–Crippen LogP) is 2.76. The van der Waals surface area contributed by atoms with Crippen molar-refractivity contribution in [2.24, 2.45) is 5.92 Å². The molecule has 3 heteroatoms. The number of nitrogens with zero attached hydrogens (tertiary/aromatic N) is 1. The highest BCUT2D eigenvalue weighted by Gasteiger charge is 2.09. The molecule has 1 aromatic rings. The summed E-state index contributed by atoms with van der Waals surface area (Å²) in [6, 6.07) is 5.79. The van der Waals surface area contributed by atoms with Crippen LogP contribution in [0.15, 0.2) is 18.2 Å². The summed E-state index contributed by atoms with van der Waals surface area (Å²) in [5, 5.41) is 3.38. The quantitative estimate of drug-likeness (QED) is 0.868. The van der Waals surface area contributed by atoms with E-state index in [0.717, 1.165) is 17.8 Å². The van der Waals surface area contributed by atoms with Crippen molar-refractivity contribution in [1.29, 1.82) is 0 Å². The number of aryl methyl sites for hydroxylation is 1. The monoisotopic (exact) mass is 234 g/mol. The minimum Gasteiger partial charge on any atom is -0.385 e. The maximum atomic E-state index is 11.8. The topological polar surface area (TPSA) is 32.3 Å². The Kier molecular flexibility index (Phi) is 4.55. The van der Waals surface area contributed by atoms with Gasteiger partial charge in [0.05, 0.1) is 0 Å². The van der Waals surface area contributed by atoms with Gasteiger partial charge < -0.3 is 10.2 Å². The molecule has 0 bridgehead atoms. The first-order valence-corrected chi connectivity index (χ1v) is 5.98. The molecule has 0 saturated carbocycles. The van der Waals surface area contributed by atoms with Gasteiger partial charge >= 0.3 is 0 Å². The van der Waals surface area contributed by atoms with Crippen LogP contribution >= 0.6 is 0 Å². The Morgan fingerprint density at radius 3 is 2.53 bits per heavy atom. The van der Waals surface area contributed by atoms with Crippen molar-refractivity contribution in [1.82, 2.24) is 4.90 Å². The lowest BCUT2D eigenvalue weighted by atomic mass is 10.1. The van der Waals surface area contributed by atoms with E-state index < -0.39 is 0 Å². The minimum atomic E-state index is 0.0394. The van der Waals surface area contributed by atoms with Crippen LogP contribution in [0.5, 0.6) is 0 Å². The lowest BCUT2D eigenvalue weighted by molar-refractivity contribution is 0.0827. The second kappa shape index (κ2) is 5.71. The normalized spacial score (nSPS) is 10.5. The van der Waals surface area contributed by atoms with Crippen molar-refractivity contribution in [2.75, 3.05) is 26.0 Å². The first-order valence-electron chi connectivity index (χ1n) is 5.98. The van der Waals surface area contributed by atoms with Crippen LogP contribution in [-0.4, -0.2) is 31.4 Å². The number of rotatable bonds is 4. The predicted molar refractivity (Wildman–Crippen MR) is 72.5 cm³/mol. The number of hydrogen-bond acceptors (Lipinski definition) is 2. The molecule has 1 N–H and O–H groups in total. The smallest absolute Gasteiger partial charge is 0.253 e. The lowest BCUT2D eigenvalue weighted by Gasteiger charge is -2.15. The molecule has 0 aliphatic rings. The van der Waals surface area contributed by atoms with Crippen LogP contribution in [0.3, 0.4) is 0 Å². The van der Waals surface area contributed by atoms with Crippen molar-refractivity contribution in [3.05, 3.63) is 29.3 Å². The zero-order valence-corrected chi connectivity index (χ0v) is 11.4. The third-order valence-corrected chi connectivity index (χ3v) is 2.59. The van der Waals surface area contributed by atoms with Gasteiger partial charge in [0.2, 0.25) is 0 Å². The lowest BCUT2D eigenvalue weighted by Crippen LogP contribution is -2.22. The molecule has 1 amide bonds. The van der Waals surface area contributed by atoms with Gasteiger partial charge in [-0.2, -0.15) is 0 Å². The number of hydrogen-bond donors (Lipinski definition) is 1. The molecule has 0 radical (unpaired) electrons. The van der Waals surface area contributed by atoms with Gasteiger partial charge in [0.1, 0.15) is 0 Å². The van der Waals surface area contributed by atoms with Gasteiger partial charge in [0.25, 0.3) is 5.91 Å². The van der Waals surface area contributed by atoms with Gasteiger partial charge in [-0.3, -0.25) is 4.79 Å². The summed E-state index contributed by atoms with van der Waals surface area (Å²) in [7, 11) is 3.53. The maximum absolute atomic E-state index is 11.8. The molecular weight excluding hydrogens is 212 g/mol. The van der Waals surface area contributed by atoms with Crippen molar-refractivity contribution in [3.63, 3.8) is 0 Å². The summed E-state index contributed by atoms with van der Waals surface area (Å²) in [4.78, 5) is 13.4. The second-order valence-corrected chi connectivity index (χ2v) is 5.00. The molecule has 94 valence electrons. The number of anilines is 1. The first kappa shape index (κ1) is 13.6. The van der Waals surface area contributed by atoms with Crippen LogP contribution < -0.4 is 5.32 Å². The van der Waals surface area contributed by atoms with Crippen molar-refractivity contribution < 1.29 is 4.79 Å². The van der Waals surface area contributed by atoms with Crippen molar-refractivity contribution in [2.45, 2.75) is 20.8 Å². The number of carbonyl (C=O) groups is 1. The minimum absolute atomic E-state index is 0.0394. The highest BCUT2D eigenvalue weighted by molar-refractivity contribution is 5.95. The van der Waals surface area contributed by atoms with Crippen LogP contribution in [0.2, 0.25) is 0 Å². The van der Waals surface area contributed by atoms with E-state index in [2.05, 4.69) is 19.2 Å². The average Bonchev–Trinajstić information content (AvgIpc) is 2.26. The van der Waals surface area contributed by atoms with Crippen molar-refractivity contribution in [3.8, 4) is 0 Å². The molecule has 0 atom stereocenters. The SMILES string of the molecule is Cc1ccc(C(=O)N(C)C)cc1NCC(C)C. The third kappa shape index (κ3) is 3.77. The molecule has 0 unspecified atom stereocenters. The zero-order chi connectivity index (χ0) is 13.0. The highest BCUT2D eigenvalue weighted by atomic mass is 16.2. The molecule has 1 aromatic carbocycles. The summed E-state index contributed by atoms with van der Waals surface area (Å²) in [6.45, 7) is 7.29. The maximum Gasteiger partial charge on any atom is 0.253 e. The molecule has 0 aliphatic heterocycles. The Morgan fingerprint density at radius 1 is 1.35 bits per heavy atom. The van der Waals surface area contributed by atoms with Crippen LogP contribution in [0.4, 0.5) is 5.69 Å². The van der Waals surface area contributed by atoms with E-state index in [-0.39, 0.29) is 5.91 Å². The standard InChI is InChI=1S/C14H22N2O/c1-10(2)9-15-13-8-12(7-6-11(13)3)14(17)16(4)5/h6-8,10,15H,9H2,1-5H3. The zero-order valence-electron chi connectivity index (χ0n) is 11.4. The Hall–Kier alpha value is -1.51. The molecule has 1 rings (SSSR count). The van der Waals surface area contributed by atoms with E-state index in [1.54, 1.807) is 19.0 Å². The number of carbonyl (C=O) groups excluding carboxylic acids is 1. The Bertz CT molecular complexity index is 397. The van der Waals surface area contributed by atoms with Crippen LogP contribution in [0.25, 0.3) is 0 Å². The first-order chi connectivity index (χ1) is 7.91. The molecule has 0 heterocycles. The fourth-order valence-corrected chi connectivity index (χ4v) is 1.52. The average molecular weight is 234 g/mol. The van der Waals surface area contributed by atoms with Gasteiger partial charge in [-0.15, -0.1) is 0 Å².